The molecule has 1 atom stereocenters. The zero-order valence-corrected chi connectivity index (χ0v) is 16.8. The molecule has 1 aromatic heterocycles. The lowest BCUT2D eigenvalue weighted by molar-refractivity contribution is -0.192. The van der Waals surface area contributed by atoms with Gasteiger partial charge in [-0.25, -0.2) is 4.79 Å². The summed E-state index contributed by atoms with van der Waals surface area (Å²) in [5.74, 6) is -2.76. The van der Waals surface area contributed by atoms with Crippen molar-refractivity contribution in [2.24, 2.45) is 0 Å². The van der Waals surface area contributed by atoms with E-state index in [1.54, 1.807) is 11.3 Å². The van der Waals surface area contributed by atoms with Crippen LogP contribution in [0.4, 0.5) is 18.3 Å². The summed E-state index contributed by atoms with van der Waals surface area (Å²) >= 11 is 1.62. The van der Waals surface area contributed by atoms with Crippen molar-refractivity contribution in [2.75, 3.05) is 50.9 Å². The maximum absolute atomic E-state index is 10.6. The molecule has 29 heavy (non-hydrogen) atoms. The highest BCUT2D eigenvalue weighted by Gasteiger charge is 2.42. The molecule has 0 bridgehead atoms. The van der Waals surface area contributed by atoms with Crippen LogP contribution >= 0.6 is 11.3 Å². The van der Waals surface area contributed by atoms with E-state index in [4.69, 9.17) is 19.4 Å². The summed E-state index contributed by atoms with van der Waals surface area (Å²) in [6.45, 7) is 6.79. The molecule has 3 saturated heterocycles. The number of aliphatic carboxylic acids is 1. The Morgan fingerprint density at radius 3 is 2.59 bits per heavy atom. The predicted molar refractivity (Wildman–Crippen MR) is 99.1 cm³/mol. The van der Waals surface area contributed by atoms with E-state index in [2.05, 4.69) is 20.0 Å². The Balaban J connectivity index is 0.000000298. The molecule has 0 amide bonds. The molecule has 1 N–H and O–H groups in total. The molecule has 8 nitrogen and oxygen atoms in total. The van der Waals surface area contributed by atoms with E-state index >= 15 is 0 Å². The molecule has 1 spiro atoms. The van der Waals surface area contributed by atoms with Crippen molar-refractivity contribution in [1.29, 1.82) is 0 Å². The highest BCUT2D eigenvalue weighted by atomic mass is 32.1. The molecule has 3 fully saturated rings. The fourth-order valence-electron chi connectivity index (χ4n) is 4.05. The zero-order valence-electron chi connectivity index (χ0n) is 15.9. The number of carbonyl (C=O) groups is 1. The minimum absolute atomic E-state index is 0.0273. The van der Waals surface area contributed by atoms with Crippen molar-refractivity contribution in [3.8, 4) is 0 Å². The minimum atomic E-state index is -5.08. The van der Waals surface area contributed by atoms with E-state index in [-0.39, 0.29) is 5.60 Å². The van der Waals surface area contributed by atoms with Crippen molar-refractivity contribution in [1.82, 2.24) is 15.1 Å². The van der Waals surface area contributed by atoms with Crippen LogP contribution in [0.2, 0.25) is 0 Å². The number of morpholine rings is 1. The first-order chi connectivity index (χ1) is 13.8. The second-order valence-corrected chi connectivity index (χ2v) is 8.21. The highest BCUT2D eigenvalue weighted by Crippen LogP contribution is 2.33. The van der Waals surface area contributed by atoms with Crippen LogP contribution < -0.4 is 4.90 Å². The SMILES string of the molecule is O=C(O)C(F)(F)F.c1nnc(N2CCCC3(C2)CN(C2CCOCC2)CCO3)s1. The van der Waals surface area contributed by atoms with E-state index < -0.39 is 12.1 Å². The van der Waals surface area contributed by atoms with Gasteiger partial charge in [-0.2, -0.15) is 13.2 Å². The molecule has 164 valence electrons. The van der Waals surface area contributed by atoms with Crippen molar-refractivity contribution in [2.45, 2.75) is 43.5 Å². The average Bonchev–Trinajstić information content (AvgIpc) is 3.23. The Morgan fingerprint density at radius 1 is 1.24 bits per heavy atom. The van der Waals surface area contributed by atoms with Gasteiger partial charge in [-0.3, -0.25) is 4.90 Å². The summed E-state index contributed by atoms with van der Waals surface area (Å²) in [6, 6.07) is 0.673. The Morgan fingerprint density at radius 2 is 1.97 bits per heavy atom. The maximum Gasteiger partial charge on any atom is 0.490 e. The number of nitrogens with zero attached hydrogens (tertiary/aromatic N) is 4. The molecule has 12 heteroatoms. The van der Waals surface area contributed by atoms with Gasteiger partial charge in [0.25, 0.3) is 0 Å². The second-order valence-electron chi connectivity index (χ2n) is 7.39. The lowest BCUT2D eigenvalue weighted by Crippen LogP contribution is -2.62. The number of aromatic nitrogens is 2. The van der Waals surface area contributed by atoms with Crippen molar-refractivity contribution < 1.29 is 32.5 Å². The van der Waals surface area contributed by atoms with E-state index in [1.165, 1.54) is 6.42 Å². The number of carboxylic acids is 1. The van der Waals surface area contributed by atoms with Gasteiger partial charge in [0.05, 0.1) is 18.8 Å². The Hall–Kier alpha value is -1.50. The Kier molecular flexibility index (Phi) is 7.30. The summed E-state index contributed by atoms with van der Waals surface area (Å²) in [5.41, 5.74) is 1.78. The van der Waals surface area contributed by atoms with E-state index in [0.29, 0.717) is 6.04 Å². The summed E-state index contributed by atoms with van der Waals surface area (Å²) in [4.78, 5) is 13.9. The summed E-state index contributed by atoms with van der Waals surface area (Å²) in [5, 5.41) is 16.4. The van der Waals surface area contributed by atoms with Gasteiger partial charge in [-0.15, -0.1) is 10.2 Å². The summed E-state index contributed by atoms with van der Waals surface area (Å²) in [7, 11) is 0. The number of carboxylic acid groups (broad SMARTS) is 1. The number of anilines is 1. The highest BCUT2D eigenvalue weighted by molar-refractivity contribution is 7.13. The molecular weight excluding hydrogens is 413 g/mol. The van der Waals surface area contributed by atoms with Gasteiger partial charge in [0.2, 0.25) is 5.13 Å². The van der Waals surface area contributed by atoms with Gasteiger partial charge in [-0.1, -0.05) is 11.3 Å². The molecule has 1 aromatic rings. The number of rotatable bonds is 2. The van der Waals surface area contributed by atoms with Crippen molar-refractivity contribution in [3.05, 3.63) is 5.51 Å². The lowest BCUT2D eigenvalue weighted by atomic mass is 9.89. The van der Waals surface area contributed by atoms with Crippen LogP contribution in [0.25, 0.3) is 0 Å². The smallest absolute Gasteiger partial charge is 0.475 e. The number of piperidine rings is 1. The van der Waals surface area contributed by atoms with Crippen LogP contribution in [-0.4, -0.2) is 90.0 Å². The van der Waals surface area contributed by atoms with Crippen LogP contribution in [-0.2, 0) is 14.3 Å². The molecule has 1 unspecified atom stereocenters. The molecule has 0 aliphatic carbocycles. The topological polar surface area (TPSA) is 88.0 Å². The third-order valence-electron chi connectivity index (χ3n) is 5.39. The van der Waals surface area contributed by atoms with Gasteiger partial charge in [0.15, 0.2) is 0 Å². The molecule has 3 aliphatic heterocycles. The molecular formula is C17H25F3N4O4S. The van der Waals surface area contributed by atoms with Crippen LogP contribution in [0.5, 0.6) is 0 Å². The largest absolute Gasteiger partial charge is 0.490 e. The first kappa shape index (κ1) is 22.2. The van der Waals surface area contributed by atoms with Crippen molar-refractivity contribution in [3.63, 3.8) is 0 Å². The number of ether oxygens (including phenoxy) is 2. The summed E-state index contributed by atoms with van der Waals surface area (Å²) in [6.07, 6.45) is -0.435. The molecule has 4 rings (SSSR count). The maximum atomic E-state index is 10.6. The van der Waals surface area contributed by atoms with Gasteiger partial charge in [-0.05, 0) is 25.7 Å². The Bertz CT molecular complexity index is 654. The normalized spacial score (nSPS) is 26.8. The zero-order chi connectivity index (χ0) is 20.9. The van der Waals surface area contributed by atoms with Gasteiger partial charge in [0.1, 0.15) is 5.51 Å². The molecule has 3 aliphatic rings. The quantitative estimate of drug-likeness (QED) is 0.751. The van der Waals surface area contributed by atoms with Crippen LogP contribution in [0, 0.1) is 0 Å². The third kappa shape index (κ3) is 6.00. The number of hydrogen-bond donors (Lipinski definition) is 1. The number of halogens is 3. The van der Waals surface area contributed by atoms with Gasteiger partial charge in [0, 0.05) is 38.9 Å². The van der Waals surface area contributed by atoms with E-state index in [1.807, 2.05) is 5.51 Å². The molecule has 0 saturated carbocycles. The fraction of sp³-hybridized carbons (Fsp3) is 0.824. The predicted octanol–water partition coefficient (Wildman–Crippen LogP) is 2.02. The van der Waals surface area contributed by atoms with E-state index in [0.717, 1.165) is 70.4 Å². The first-order valence-electron chi connectivity index (χ1n) is 9.56. The average molecular weight is 438 g/mol. The standard InChI is InChI=1S/C15H24N4O2S.C2HF3O2/c1-4-15(11-19(5-1)14-17-16-12-22-14)10-18(6-9-21-15)13-2-7-20-8-3-13;3-2(4,5)1(6)7/h12-13H,1-11H2;(H,6,7). The van der Waals surface area contributed by atoms with Crippen LogP contribution in [0.3, 0.4) is 0 Å². The first-order valence-corrected chi connectivity index (χ1v) is 10.4. The number of hydrogen-bond acceptors (Lipinski definition) is 8. The second kappa shape index (κ2) is 9.54. The van der Waals surface area contributed by atoms with Gasteiger partial charge >= 0.3 is 12.1 Å². The minimum Gasteiger partial charge on any atom is -0.475 e. The van der Waals surface area contributed by atoms with Crippen LogP contribution in [0.15, 0.2) is 5.51 Å². The van der Waals surface area contributed by atoms with Gasteiger partial charge < -0.3 is 19.5 Å². The third-order valence-corrected chi connectivity index (χ3v) is 6.14. The monoisotopic (exact) mass is 438 g/mol. The summed E-state index contributed by atoms with van der Waals surface area (Å²) < 4.78 is 43.5. The Labute approximate surface area is 170 Å². The molecule has 4 heterocycles. The molecule has 0 aromatic carbocycles. The lowest BCUT2D eigenvalue weighted by Gasteiger charge is -2.50. The van der Waals surface area contributed by atoms with Crippen LogP contribution in [0.1, 0.15) is 25.7 Å². The molecule has 0 radical (unpaired) electrons. The van der Waals surface area contributed by atoms with Crippen molar-refractivity contribution >= 4 is 22.4 Å². The number of alkyl halides is 3. The van der Waals surface area contributed by atoms with E-state index in [9.17, 15) is 13.2 Å². The fourth-order valence-corrected chi connectivity index (χ4v) is 4.64.